The van der Waals surface area contributed by atoms with E-state index in [2.05, 4.69) is 106 Å². The number of unbranched alkanes of at least 4 members (excludes halogenated alkanes) is 16. The highest BCUT2D eigenvalue weighted by atomic mass is 16.6. The minimum atomic E-state index is -0.569. The summed E-state index contributed by atoms with van der Waals surface area (Å²) >= 11 is 0. The van der Waals surface area contributed by atoms with Crippen molar-refractivity contribution in [3.8, 4) is 0 Å². The Kier molecular flexibility index (Phi) is 44.0. The molecule has 0 aliphatic heterocycles. The van der Waals surface area contributed by atoms with Gasteiger partial charge in [0.05, 0.1) is 6.61 Å². The fraction of sp³-hybridized carbons (Fsp3) is 0.686. The van der Waals surface area contributed by atoms with Gasteiger partial charge in [0.2, 0.25) is 0 Å². The number of ether oxygens (including phenoxy) is 3. The van der Waals surface area contributed by atoms with Crippen LogP contribution < -0.4 is 0 Å². The second-order valence-electron chi connectivity index (χ2n) is 14.9. The van der Waals surface area contributed by atoms with Crippen LogP contribution in [0.15, 0.2) is 85.1 Å². The van der Waals surface area contributed by atoms with Crippen LogP contribution in [0.5, 0.6) is 0 Å². The third kappa shape index (κ3) is 43.8. The van der Waals surface area contributed by atoms with Gasteiger partial charge in [0.15, 0.2) is 6.10 Å². The standard InChI is InChI=1S/C51H86O5/c1-4-7-10-13-16-18-20-22-24-25-26-27-28-29-31-33-36-38-41-44-50(52)55-48-49(56-51(53)45-42-39-35-15-12-9-6-3)47-54-46-43-40-37-34-32-30-23-21-19-17-14-11-8-5-2/h8,11,16-19,22-24,26-27,30,34,37,49H,4-7,9-10,12-15,20-21,25,28-29,31-33,35-36,38-48H2,1-3H3/b11-8-,18-16-,19-17-,24-22-,27-26-,30-23-,37-34-. The summed E-state index contributed by atoms with van der Waals surface area (Å²) < 4.78 is 17.2. The van der Waals surface area contributed by atoms with Gasteiger partial charge in [-0.1, -0.05) is 183 Å². The van der Waals surface area contributed by atoms with Crippen molar-refractivity contribution in [3.05, 3.63) is 85.1 Å². The van der Waals surface area contributed by atoms with E-state index in [1.54, 1.807) is 0 Å². The molecule has 0 saturated heterocycles. The highest BCUT2D eigenvalue weighted by Crippen LogP contribution is 2.12. The molecule has 0 rings (SSSR count). The normalized spacial score (nSPS) is 13.0. The van der Waals surface area contributed by atoms with Crippen LogP contribution in [-0.4, -0.2) is 37.9 Å². The highest BCUT2D eigenvalue weighted by Gasteiger charge is 2.17. The number of rotatable bonds is 41. The Labute approximate surface area is 346 Å². The zero-order valence-corrected chi connectivity index (χ0v) is 36.6. The Bertz CT molecular complexity index is 1060. The molecule has 0 heterocycles. The summed E-state index contributed by atoms with van der Waals surface area (Å²) in [5.74, 6) is -0.452. The van der Waals surface area contributed by atoms with Crippen molar-refractivity contribution in [2.45, 2.75) is 207 Å². The lowest BCUT2D eigenvalue weighted by molar-refractivity contribution is -0.163. The number of carbonyl (C=O) groups excluding carboxylic acids is 2. The second-order valence-corrected chi connectivity index (χ2v) is 14.9. The number of esters is 2. The van der Waals surface area contributed by atoms with Crippen LogP contribution in [0.4, 0.5) is 0 Å². The molecule has 1 atom stereocenters. The van der Waals surface area contributed by atoms with Gasteiger partial charge in [-0.05, 0) is 89.9 Å². The molecule has 0 aromatic rings. The van der Waals surface area contributed by atoms with Crippen molar-refractivity contribution in [2.24, 2.45) is 0 Å². The van der Waals surface area contributed by atoms with E-state index in [1.165, 1.54) is 70.6 Å². The van der Waals surface area contributed by atoms with Gasteiger partial charge < -0.3 is 14.2 Å². The molecule has 0 fully saturated rings. The van der Waals surface area contributed by atoms with E-state index in [0.29, 0.717) is 19.4 Å². The summed E-state index contributed by atoms with van der Waals surface area (Å²) in [6.45, 7) is 7.49. The Morgan fingerprint density at radius 3 is 1.32 bits per heavy atom. The molecule has 0 N–H and O–H groups in total. The molecule has 56 heavy (non-hydrogen) atoms. The van der Waals surface area contributed by atoms with E-state index in [9.17, 15) is 9.59 Å². The summed E-state index contributed by atoms with van der Waals surface area (Å²) in [7, 11) is 0. The molecule has 0 saturated carbocycles. The average Bonchev–Trinajstić information content (AvgIpc) is 3.20. The molecule has 0 aromatic heterocycles. The minimum Gasteiger partial charge on any atom is -0.462 e. The van der Waals surface area contributed by atoms with Crippen LogP contribution in [0.25, 0.3) is 0 Å². The molecule has 320 valence electrons. The van der Waals surface area contributed by atoms with Crippen molar-refractivity contribution in [3.63, 3.8) is 0 Å². The quantitative estimate of drug-likeness (QED) is 0.0351. The molecule has 0 aromatic carbocycles. The molecular weight excluding hydrogens is 693 g/mol. The molecular formula is C51H86O5. The number of hydrogen-bond acceptors (Lipinski definition) is 5. The van der Waals surface area contributed by atoms with Crippen LogP contribution in [0.1, 0.15) is 201 Å². The molecule has 0 aliphatic rings. The third-order valence-electron chi connectivity index (χ3n) is 9.42. The Hall–Kier alpha value is -2.92. The first-order valence-corrected chi connectivity index (χ1v) is 23.1. The van der Waals surface area contributed by atoms with Crippen LogP contribution in [0.2, 0.25) is 0 Å². The first-order valence-electron chi connectivity index (χ1n) is 23.1. The van der Waals surface area contributed by atoms with Crippen LogP contribution >= 0.6 is 0 Å². The van der Waals surface area contributed by atoms with Gasteiger partial charge in [-0.25, -0.2) is 0 Å². The lowest BCUT2D eigenvalue weighted by Crippen LogP contribution is -2.30. The molecule has 0 aliphatic carbocycles. The number of carbonyl (C=O) groups is 2. The molecule has 5 heteroatoms. The van der Waals surface area contributed by atoms with E-state index in [-0.39, 0.29) is 25.2 Å². The smallest absolute Gasteiger partial charge is 0.306 e. The maximum Gasteiger partial charge on any atom is 0.306 e. The fourth-order valence-corrected chi connectivity index (χ4v) is 5.99. The van der Waals surface area contributed by atoms with Crippen LogP contribution in [-0.2, 0) is 23.8 Å². The van der Waals surface area contributed by atoms with Gasteiger partial charge in [-0.3, -0.25) is 9.59 Å². The number of hydrogen-bond donors (Lipinski definition) is 0. The van der Waals surface area contributed by atoms with E-state index < -0.39 is 6.10 Å². The van der Waals surface area contributed by atoms with Crippen molar-refractivity contribution in [1.29, 1.82) is 0 Å². The molecule has 0 bridgehead atoms. The maximum absolute atomic E-state index is 12.6. The monoisotopic (exact) mass is 779 g/mol. The zero-order chi connectivity index (χ0) is 40.7. The topological polar surface area (TPSA) is 61.8 Å². The lowest BCUT2D eigenvalue weighted by atomic mass is 10.1. The summed E-state index contributed by atoms with van der Waals surface area (Å²) in [5.41, 5.74) is 0. The molecule has 1 unspecified atom stereocenters. The van der Waals surface area contributed by atoms with Gasteiger partial charge >= 0.3 is 11.9 Å². The molecule has 0 spiro atoms. The van der Waals surface area contributed by atoms with Crippen molar-refractivity contribution in [1.82, 2.24) is 0 Å². The lowest BCUT2D eigenvalue weighted by Gasteiger charge is -2.18. The third-order valence-corrected chi connectivity index (χ3v) is 9.42. The van der Waals surface area contributed by atoms with Crippen LogP contribution in [0.3, 0.4) is 0 Å². The average molecular weight is 779 g/mol. The predicted molar refractivity (Wildman–Crippen MR) is 242 cm³/mol. The predicted octanol–water partition coefficient (Wildman–Crippen LogP) is 15.3. The van der Waals surface area contributed by atoms with E-state index in [0.717, 1.165) is 96.3 Å². The highest BCUT2D eigenvalue weighted by molar-refractivity contribution is 5.70. The Balaban J connectivity index is 4.24. The molecule has 0 amide bonds. The first-order chi connectivity index (χ1) is 27.6. The van der Waals surface area contributed by atoms with Gasteiger partial charge in [0.1, 0.15) is 6.61 Å². The maximum atomic E-state index is 12.6. The molecule has 0 radical (unpaired) electrons. The summed E-state index contributed by atoms with van der Waals surface area (Å²) in [6, 6.07) is 0. The van der Waals surface area contributed by atoms with E-state index >= 15 is 0 Å². The van der Waals surface area contributed by atoms with E-state index in [4.69, 9.17) is 14.2 Å². The minimum absolute atomic E-state index is 0.0535. The Morgan fingerprint density at radius 1 is 0.411 bits per heavy atom. The van der Waals surface area contributed by atoms with Gasteiger partial charge in [0.25, 0.3) is 0 Å². The van der Waals surface area contributed by atoms with E-state index in [1.807, 2.05) is 0 Å². The molecule has 5 nitrogen and oxygen atoms in total. The Morgan fingerprint density at radius 2 is 0.804 bits per heavy atom. The van der Waals surface area contributed by atoms with Crippen molar-refractivity contribution in [2.75, 3.05) is 19.8 Å². The zero-order valence-electron chi connectivity index (χ0n) is 36.6. The first kappa shape index (κ1) is 53.1. The SMILES string of the molecule is CC/C=C\C/C=C\C/C=C\C/C=C\CCCOCC(COC(=O)CCCCCCCC/C=C\C/C=C\C/C=C\CCCCC)OC(=O)CCCCCCCCC. The van der Waals surface area contributed by atoms with Gasteiger partial charge in [-0.15, -0.1) is 0 Å². The number of allylic oxidation sites excluding steroid dienone is 14. The van der Waals surface area contributed by atoms with Crippen molar-refractivity contribution >= 4 is 11.9 Å². The fourth-order valence-electron chi connectivity index (χ4n) is 5.99. The second kappa shape index (κ2) is 46.5. The van der Waals surface area contributed by atoms with Gasteiger partial charge in [-0.2, -0.15) is 0 Å². The summed E-state index contributed by atoms with van der Waals surface area (Å²) in [4.78, 5) is 25.1. The largest absolute Gasteiger partial charge is 0.462 e. The summed E-state index contributed by atoms with van der Waals surface area (Å²) in [6.07, 6.45) is 60.3. The van der Waals surface area contributed by atoms with Crippen LogP contribution in [0, 0.1) is 0 Å². The van der Waals surface area contributed by atoms with Gasteiger partial charge in [0, 0.05) is 19.4 Å². The summed E-state index contributed by atoms with van der Waals surface area (Å²) in [5, 5.41) is 0. The van der Waals surface area contributed by atoms with Crippen molar-refractivity contribution < 1.29 is 23.8 Å².